The number of piperidine rings is 1. The quantitative estimate of drug-likeness (QED) is 0.754. The first-order chi connectivity index (χ1) is 9.68. The van der Waals surface area contributed by atoms with Gasteiger partial charge in [0.25, 0.3) is 0 Å². The summed E-state index contributed by atoms with van der Waals surface area (Å²) in [6, 6.07) is 2.04. The van der Waals surface area contributed by atoms with Gasteiger partial charge in [-0.25, -0.2) is 0 Å². The molecular weight excluding hydrogens is 262 g/mol. The highest BCUT2D eigenvalue weighted by molar-refractivity contribution is 5.46. The highest BCUT2D eigenvalue weighted by Crippen LogP contribution is 2.62. The fraction of sp³-hybridized carbons (Fsp3) is 0.692. The van der Waals surface area contributed by atoms with Crippen LogP contribution in [0.4, 0.5) is 5.82 Å². The van der Waals surface area contributed by atoms with E-state index in [1.807, 2.05) is 0 Å². The zero-order valence-corrected chi connectivity index (χ0v) is 11.6. The molecule has 7 heteroatoms. The van der Waals surface area contributed by atoms with Gasteiger partial charge in [0.1, 0.15) is 5.82 Å². The smallest absolute Gasteiger partial charge is 0.321 e. The standard InChI is InChI=1S/C13H19N3O4/c1-19-11-3-10(14-12(15-11)20-2)16-4-8-9(5-16)13(8,6-17)7-18/h3,8-9,17-18H,4-7H2,1-2H3. The molecule has 1 aromatic heterocycles. The maximum absolute atomic E-state index is 9.44. The summed E-state index contributed by atoms with van der Waals surface area (Å²) in [4.78, 5) is 10.5. The first-order valence-electron chi connectivity index (χ1n) is 6.62. The number of aliphatic hydroxyl groups is 2. The third kappa shape index (κ3) is 1.81. The number of fused-ring (bicyclic) bond motifs is 1. The average Bonchev–Trinajstić information content (AvgIpc) is 2.86. The molecule has 0 bridgehead atoms. The normalized spacial score (nSPS) is 26.3. The van der Waals surface area contributed by atoms with E-state index >= 15 is 0 Å². The van der Waals surface area contributed by atoms with E-state index in [9.17, 15) is 10.2 Å². The van der Waals surface area contributed by atoms with Crippen molar-refractivity contribution in [1.82, 2.24) is 9.97 Å². The topological polar surface area (TPSA) is 87.9 Å². The molecule has 2 atom stereocenters. The minimum Gasteiger partial charge on any atom is -0.481 e. The summed E-state index contributed by atoms with van der Waals surface area (Å²) >= 11 is 0. The number of aromatic nitrogens is 2. The van der Waals surface area contributed by atoms with Gasteiger partial charge in [0.15, 0.2) is 0 Å². The molecular formula is C13H19N3O4. The Hall–Kier alpha value is -1.60. The summed E-state index contributed by atoms with van der Waals surface area (Å²) in [5, 5.41) is 18.9. The van der Waals surface area contributed by atoms with Crippen molar-refractivity contribution in [3.05, 3.63) is 6.07 Å². The number of hydrogen-bond donors (Lipinski definition) is 2. The zero-order valence-electron chi connectivity index (χ0n) is 11.6. The highest BCUT2D eigenvalue weighted by Gasteiger charge is 2.67. The predicted octanol–water partition coefficient (Wildman–Crippen LogP) is -0.469. The molecule has 7 nitrogen and oxygen atoms in total. The van der Waals surface area contributed by atoms with Crippen molar-refractivity contribution >= 4 is 5.82 Å². The molecule has 1 saturated carbocycles. The summed E-state index contributed by atoms with van der Waals surface area (Å²) in [6.45, 7) is 1.64. The molecule has 1 aliphatic heterocycles. The van der Waals surface area contributed by atoms with Gasteiger partial charge in [-0.3, -0.25) is 0 Å². The summed E-state index contributed by atoms with van der Waals surface area (Å²) in [5.74, 6) is 1.86. The van der Waals surface area contributed by atoms with E-state index in [-0.39, 0.29) is 24.6 Å². The molecule has 2 heterocycles. The van der Waals surface area contributed by atoms with Gasteiger partial charge in [0, 0.05) is 24.6 Å². The van der Waals surface area contributed by atoms with E-state index in [2.05, 4.69) is 14.9 Å². The minimum atomic E-state index is -0.294. The first kappa shape index (κ1) is 13.4. The number of aliphatic hydroxyl groups excluding tert-OH is 2. The molecule has 2 N–H and O–H groups in total. The molecule has 2 fully saturated rings. The molecule has 2 unspecified atom stereocenters. The number of anilines is 1. The Labute approximate surface area is 117 Å². The van der Waals surface area contributed by atoms with Crippen LogP contribution in [-0.2, 0) is 0 Å². The third-order valence-corrected chi connectivity index (χ3v) is 4.66. The SMILES string of the molecule is COc1cc(N2CC3C(C2)C3(CO)CO)nc(OC)n1. The van der Waals surface area contributed by atoms with Crippen molar-refractivity contribution in [3.8, 4) is 11.9 Å². The Morgan fingerprint density at radius 2 is 1.85 bits per heavy atom. The van der Waals surface area contributed by atoms with Crippen LogP contribution in [0.3, 0.4) is 0 Å². The van der Waals surface area contributed by atoms with Crippen LogP contribution in [0.2, 0.25) is 0 Å². The van der Waals surface area contributed by atoms with E-state index in [1.54, 1.807) is 13.2 Å². The van der Waals surface area contributed by atoms with Gasteiger partial charge in [-0.2, -0.15) is 9.97 Å². The van der Waals surface area contributed by atoms with E-state index in [0.29, 0.717) is 17.7 Å². The van der Waals surface area contributed by atoms with Gasteiger partial charge in [-0.1, -0.05) is 0 Å². The second kappa shape index (κ2) is 4.75. The molecule has 20 heavy (non-hydrogen) atoms. The number of nitrogens with zero attached hydrogens (tertiary/aromatic N) is 3. The van der Waals surface area contributed by atoms with E-state index in [4.69, 9.17) is 9.47 Å². The third-order valence-electron chi connectivity index (χ3n) is 4.66. The van der Waals surface area contributed by atoms with E-state index in [1.165, 1.54) is 7.11 Å². The number of hydrogen-bond acceptors (Lipinski definition) is 7. The Balaban J connectivity index is 1.77. The molecule has 2 aliphatic rings. The van der Waals surface area contributed by atoms with Gasteiger partial charge in [0.2, 0.25) is 5.88 Å². The Kier molecular flexibility index (Phi) is 3.18. The Bertz CT molecular complexity index is 470. The van der Waals surface area contributed by atoms with Crippen molar-refractivity contribution in [2.45, 2.75) is 0 Å². The summed E-state index contributed by atoms with van der Waals surface area (Å²) in [7, 11) is 3.07. The Morgan fingerprint density at radius 3 is 2.35 bits per heavy atom. The number of ether oxygens (including phenoxy) is 2. The van der Waals surface area contributed by atoms with Crippen molar-refractivity contribution < 1.29 is 19.7 Å². The fourth-order valence-electron chi connectivity index (χ4n) is 3.29. The lowest BCUT2D eigenvalue weighted by Gasteiger charge is -2.25. The highest BCUT2D eigenvalue weighted by atomic mass is 16.5. The molecule has 1 aromatic rings. The van der Waals surface area contributed by atoms with Crippen LogP contribution in [0.25, 0.3) is 0 Å². The van der Waals surface area contributed by atoms with Crippen LogP contribution < -0.4 is 14.4 Å². The monoisotopic (exact) mass is 281 g/mol. The lowest BCUT2D eigenvalue weighted by atomic mass is 10.0. The predicted molar refractivity (Wildman–Crippen MR) is 70.9 cm³/mol. The van der Waals surface area contributed by atoms with E-state index in [0.717, 1.165) is 18.9 Å². The molecule has 0 radical (unpaired) electrons. The first-order valence-corrected chi connectivity index (χ1v) is 6.62. The summed E-state index contributed by atoms with van der Waals surface area (Å²) in [6.07, 6.45) is 0. The molecule has 1 aliphatic carbocycles. The largest absolute Gasteiger partial charge is 0.481 e. The van der Waals surface area contributed by atoms with Crippen molar-refractivity contribution in [3.63, 3.8) is 0 Å². The van der Waals surface area contributed by atoms with Crippen LogP contribution in [0, 0.1) is 17.3 Å². The minimum absolute atomic E-state index is 0.0447. The van der Waals surface area contributed by atoms with Crippen LogP contribution >= 0.6 is 0 Å². The van der Waals surface area contributed by atoms with Gasteiger partial charge in [-0.15, -0.1) is 0 Å². The number of rotatable bonds is 5. The van der Waals surface area contributed by atoms with Gasteiger partial charge < -0.3 is 24.6 Å². The van der Waals surface area contributed by atoms with Gasteiger partial charge >= 0.3 is 6.01 Å². The summed E-state index contributed by atoms with van der Waals surface area (Å²) in [5.41, 5.74) is -0.294. The Morgan fingerprint density at radius 1 is 1.20 bits per heavy atom. The second-order valence-electron chi connectivity index (χ2n) is 5.42. The van der Waals surface area contributed by atoms with Gasteiger partial charge in [0.05, 0.1) is 27.4 Å². The molecule has 110 valence electrons. The lowest BCUT2D eigenvalue weighted by Crippen LogP contribution is -2.32. The van der Waals surface area contributed by atoms with Crippen LogP contribution in [0.15, 0.2) is 6.07 Å². The molecule has 1 saturated heterocycles. The second-order valence-corrected chi connectivity index (χ2v) is 5.42. The summed E-state index contributed by atoms with van der Waals surface area (Å²) < 4.78 is 10.2. The molecule has 0 aromatic carbocycles. The maximum atomic E-state index is 9.44. The number of methoxy groups -OCH3 is 2. The lowest BCUT2D eigenvalue weighted by molar-refractivity contribution is 0.109. The fourth-order valence-corrected chi connectivity index (χ4v) is 3.29. The molecule has 0 amide bonds. The van der Waals surface area contributed by atoms with Gasteiger partial charge in [-0.05, 0) is 11.8 Å². The van der Waals surface area contributed by atoms with E-state index < -0.39 is 0 Å². The zero-order chi connectivity index (χ0) is 14.3. The molecule has 0 spiro atoms. The van der Waals surface area contributed by atoms with Crippen LogP contribution in [-0.4, -0.2) is 60.7 Å². The van der Waals surface area contributed by atoms with Crippen molar-refractivity contribution in [2.24, 2.45) is 17.3 Å². The van der Waals surface area contributed by atoms with Crippen LogP contribution in [0.5, 0.6) is 11.9 Å². The van der Waals surface area contributed by atoms with Crippen molar-refractivity contribution in [1.29, 1.82) is 0 Å². The molecule has 3 rings (SSSR count). The van der Waals surface area contributed by atoms with Crippen molar-refractivity contribution in [2.75, 3.05) is 45.4 Å². The maximum Gasteiger partial charge on any atom is 0.321 e. The average molecular weight is 281 g/mol. The van der Waals surface area contributed by atoms with Crippen LogP contribution in [0.1, 0.15) is 0 Å².